The molecule has 122 valence electrons. The lowest BCUT2D eigenvalue weighted by molar-refractivity contribution is -0.0516. The van der Waals surface area contributed by atoms with Gasteiger partial charge in [0.25, 0.3) is 0 Å². The van der Waals surface area contributed by atoms with Crippen LogP contribution in [-0.4, -0.2) is 39.8 Å². The zero-order chi connectivity index (χ0) is 15.6. The summed E-state index contributed by atoms with van der Waals surface area (Å²) < 4.78 is 5.94. The first-order valence-corrected chi connectivity index (χ1v) is 8.69. The molecule has 1 aliphatic heterocycles. The monoisotopic (exact) mass is 312 g/mol. The largest absolute Gasteiger partial charge is 0.367 e. The van der Waals surface area contributed by atoms with Gasteiger partial charge >= 0.3 is 0 Å². The van der Waals surface area contributed by atoms with Crippen molar-refractivity contribution in [1.29, 1.82) is 0 Å². The molecule has 2 atom stereocenters. The summed E-state index contributed by atoms with van der Waals surface area (Å²) in [5, 5.41) is 7.35. The second kappa shape index (κ2) is 6.42. The normalized spacial score (nSPS) is 25.3. The van der Waals surface area contributed by atoms with Crippen LogP contribution in [-0.2, 0) is 17.6 Å². The topological polar surface area (TPSA) is 54.0 Å². The minimum atomic E-state index is -0.0191. The summed E-state index contributed by atoms with van der Waals surface area (Å²) in [6, 6.07) is 9.41. The SMILES string of the molecule is CCc1nc([C@@H]2CN([C@@H]3CCCc4ccccc43)CCO2)n[nH]1. The number of nitrogens with one attached hydrogen (secondary N) is 1. The Morgan fingerprint density at radius 1 is 1.35 bits per heavy atom. The fourth-order valence-electron chi connectivity index (χ4n) is 3.83. The van der Waals surface area contributed by atoms with Gasteiger partial charge in [-0.3, -0.25) is 10.00 Å². The Hall–Kier alpha value is -1.72. The van der Waals surface area contributed by atoms with Crippen molar-refractivity contribution in [3.05, 3.63) is 47.0 Å². The van der Waals surface area contributed by atoms with Crippen LogP contribution in [0.5, 0.6) is 0 Å². The van der Waals surface area contributed by atoms with E-state index in [-0.39, 0.29) is 6.10 Å². The first-order valence-electron chi connectivity index (χ1n) is 8.69. The highest BCUT2D eigenvalue weighted by Gasteiger charge is 2.32. The number of rotatable bonds is 3. The number of hydrogen-bond acceptors (Lipinski definition) is 4. The maximum absolute atomic E-state index is 5.94. The van der Waals surface area contributed by atoms with Crippen molar-refractivity contribution in [3.8, 4) is 0 Å². The summed E-state index contributed by atoms with van der Waals surface area (Å²) in [6.07, 6.45) is 4.57. The van der Waals surface area contributed by atoms with E-state index in [2.05, 4.69) is 51.3 Å². The molecule has 5 heteroatoms. The number of fused-ring (bicyclic) bond motifs is 1. The smallest absolute Gasteiger partial charge is 0.180 e. The summed E-state index contributed by atoms with van der Waals surface area (Å²) >= 11 is 0. The van der Waals surface area contributed by atoms with Crippen LogP contribution >= 0.6 is 0 Å². The summed E-state index contributed by atoms with van der Waals surface area (Å²) in [4.78, 5) is 7.12. The highest BCUT2D eigenvalue weighted by molar-refractivity contribution is 5.32. The summed E-state index contributed by atoms with van der Waals surface area (Å²) in [5.41, 5.74) is 3.02. The number of hydrogen-bond donors (Lipinski definition) is 1. The van der Waals surface area contributed by atoms with E-state index >= 15 is 0 Å². The van der Waals surface area contributed by atoms with Crippen LogP contribution in [0.15, 0.2) is 24.3 Å². The number of nitrogens with zero attached hydrogens (tertiary/aromatic N) is 3. The summed E-state index contributed by atoms with van der Waals surface area (Å²) in [7, 11) is 0. The van der Waals surface area contributed by atoms with Crippen molar-refractivity contribution in [2.24, 2.45) is 0 Å². The molecule has 1 saturated heterocycles. The summed E-state index contributed by atoms with van der Waals surface area (Å²) in [6.45, 7) is 4.69. The number of H-pyrrole nitrogens is 1. The third-order valence-electron chi connectivity index (χ3n) is 5.05. The lowest BCUT2D eigenvalue weighted by Crippen LogP contribution is -2.42. The van der Waals surface area contributed by atoms with Crippen LogP contribution in [0.1, 0.15) is 54.7 Å². The van der Waals surface area contributed by atoms with Gasteiger partial charge in [0, 0.05) is 25.6 Å². The number of ether oxygens (including phenoxy) is 1. The molecule has 2 heterocycles. The predicted octanol–water partition coefficient (Wildman–Crippen LogP) is 2.82. The van der Waals surface area contributed by atoms with Crippen LogP contribution in [0.4, 0.5) is 0 Å². The van der Waals surface area contributed by atoms with E-state index in [0.29, 0.717) is 6.04 Å². The van der Waals surface area contributed by atoms with Gasteiger partial charge in [-0.15, -0.1) is 0 Å². The van der Waals surface area contributed by atoms with Crippen molar-refractivity contribution in [3.63, 3.8) is 0 Å². The lowest BCUT2D eigenvalue weighted by atomic mass is 9.86. The standard InChI is InChI=1S/C18H24N4O/c1-2-17-19-18(21-20-17)16-12-22(10-11-23-16)15-9-5-7-13-6-3-4-8-14(13)15/h3-4,6,8,15-16H,2,5,7,9-12H2,1H3,(H,19,20,21)/t15-,16+/m1/s1. The maximum atomic E-state index is 5.94. The van der Waals surface area contributed by atoms with Gasteiger partial charge in [0.05, 0.1) is 6.61 Å². The molecule has 0 spiro atoms. The van der Waals surface area contributed by atoms with Crippen molar-refractivity contribution < 1.29 is 4.74 Å². The molecule has 5 nitrogen and oxygen atoms in total. The fraction of sp³-hybridized carbons (Fsp3) is 0.556. The van der Waals surface area contributed by atoms with Gasteiger partial charge in [-0.05, 0) is 30.4 Å². The molecule has 0 amide bonds. The van der Waals surface area contributed by atoms with Crippen LogP contribution < -0.4 is 0 Å². The number of aryl methyl sites for hydroxylation is 2. The molecular formula is C18H24N4O. The number of benzene rings is 1. The molecule has 1 N–H and O–H groups in total. The van der Waals surface area contributed by atoms with Gasteiger partial charge in [-0.2, -0.15) is 5.10 Å². The third-order valence-corrected chi connectivity index (χ3v) is 5.05. The average molecular weight is 312 g/mol. The first-order chi connectivity index (χ1) is 11.3. The second-order valence-corrected chi connectivity index (χ2v) is 6.46. The molecule has 0 saturated carbocycles. The van der Waals surface area contributed by atoms with Crippen molar-refractivity contribution in [2.75, 3.05) is 19.7 Å². The lowest BCUT2D eigenvalue weighted by Gasteiger charge is -2.40. The van der Waals surface area contributed by atoms with Crippen molar-refractivity contribution >= 4 is 0 Å². The van der Waals surface area contributed by atoms with Gasteiger partial charge in [0.1, 0.15) is 11.9 Å². The molecular weight excluding hydrogens is 288 g/mol. The van der Waals surface area contributed by atoms with Gasteiger partial charge in [-0.25, -0.2) is 4.98 Å². The minimum Gasteiger partial charge on any atom is -0.367 e. The van der Waals surface area contributed by atoms with Gasteiger partial charge in [0.15, 0.2) is 5.82 Å². The van der Waals surface area contributed by atoms with Crippen LogP contribution in [0.3, 0.4) is 0 Å². The van der Waals surface area contributed by atoms with Gasteiger partial charge < -0.3 is 4.74 Å². The molecule has 2 aromatic rings. The van der Waals surface area contributed by atoms with E-state index < -0.39 is 0 Å². The number of aromatic nitrogens is 3. The fourth-order valence-corrected chi connectivity index (χ4v) is 3.83. The Kier molecular flexibility index (Phi) is 4.14. The molecule has 23 heavy (non-hydrogen) atoms. The van der Waals surface area contributed by atoms with Crippen LogP contribution in [0, 0.1) is 0 Å². The molecule has 1 fully saturated rings. The second-order valence-electron chi connectivity index (χ2n) is 6.46. The maximum Gasteiger partial charge on any atom is 0.180 e. The summed E-state index contributed by atoms with van der Waals surface area (Å²) in [5.74, 6) is 1.74. The first kappa shape index (κ1) is 14.8. The van der Waals surface area contributed by atoms with E-state index in [4.69, 9.17) is 4.74 Å². The van der Waals surface area contributed by atoms with E-state index in [1.807, 2.05) is 0 Å². The Bertz CT molecular complexity index is 669. The molecule has 1 aromatic heterocycles. The van der Waals surface area contributed by atoms with E-state index in [1.165, 1.54) is 30.4 Å². The molecule has 0 radical (unpaired) electrons. The minimum absolute atomic E-state index is 0.0191. The van der Waals surface area contributed by atoms with Gasteiger partial charge in [0.2, 0.25) is 0 Å². The zero-order valence-corrected chi connectivity index (χ0v) is 13.7. The highest BCUT2D eigenvalue weighted by Crippen LogP contribution is 2.36. The Labute approximate surface area is 137 Å². The number of aromatic amines is 1. The highest BCUT2D eigenvalue weighted by atomic mass is 16.5. The molecule has 1 aromatic carbocycles. The molecule has 1 aliphatic carbocycles. The predicted molar refractivity (Wildman–Crippen MR) is 88.1 cm³/mol. The average Bonchev–Trinajstić information content (AvgIpc) is 3.11. The van der Waals surface area contributed by atoms with Crippen molar-refractivity contribution in [2.45, 2.75) is 44.8 Å². The number of morpholine rings is 1. The quantitative estimate of drug-likeness (QED) is 0.947. The molecule has 0 unspecified atom stereocenters. The Balaban J connectivity index is 1.54. The van der Waals surface area contributed by atoms with Gasteiger partial charge in [-0.1, -0.05) is 31.2 Å². The third kappa shape index (κ3) is 2.91. The van der Waals surface area contributed by atoms with Crippen LogP contribution in [0.2, 0.25) is 0 Å². The van der Waals surface area contributed by atoms with E-state index in [1.54, 1.807) is 0 Å². The molecule has 0 bridgehead atoms. The van der Waals surface area contributed by atoms with E-state index in [9.17, 15) is 0 Å². The molecule has 2 aliphatic rings. The van der Waals surface area contributed by atoms with Crippen LogP contribution in [0.25, 0.3) is 0 Å². The van der Waals surface area contributed by atoms with E-state index in [0.717, 1.165) is 37.8 Å². The molecule has 4 rings (SSSR count). The zero-order valence-electron chi connectivity index (χ0n) is 13.7. The Morgan fingerprint density at radius 2 is 2.26 bits per heavy atom. The van der Waals surface area contributed by atoms with Crippen molar-refractivity contribution in [1.82, 2.24) is 20.1 Å². The Morgan fingerprint density at radius 3 is 3.13 bits per heavy atom.